The minimum Gasteiger partial charge on any atom is -0.746 e. The maximum atomic E-state index is 9.71. The summed E-state index contributed by atoms with van der Waals surface area (Å²) < 4.78 is 100. The summed E-state index contributed by atoms with van der Waals surface area (Å²) in [6.07, 6.45) is 9.62. The summed E-state index contributed by atoms with van der Waals surface area (Å²) in [5.41, 5.74) is 0. The molecule has 4 bridgehead atoms. The van der Waals surface area contributed by atoms with Crippen LogP contribution in [0.3, 0.4) is 0 Å². The van der Waals surface area contributed by atoms with E-state index in [1.54, 1.807) is 59.3 Å². The molecule has 15 heteroatoms. The first-order chi connectivity index (χ1) is 26.5. The molecule has 0 unspecified atom stereocenters. The molecule has 0 N–H and O–H groups in total. The highest BCUT2D eigenvalue weighted by Crippen LogP contribution is 2.53. The summed E-state index contributed by atoms with van der Waals surface area (Å²) in [4.78, 5) is 0. The largest absolute Gasteiger partial charge is 0.746 e. The second-order valence-electron chi connectivity index (χ2n) is 11.9. The van der Waals surface area contributed by atoms with Crippen molar-refractivity contribution in [3.63, 3.8) is 0 Å². The van der Waals surface area contributed by atoms with Crippen LogP contribution >= 0.6 is 0 Å². The Hall–Kier alpha value is -2.47. The first-order valence-corrected chi connectivity index (χ1v) is 24.3. The molecule has 326 valence electrons. The van der Waals surface area contributed by atoms with Crippen LogP contribution < -0.4 is 0 Å². The lowest BCUT2D eigenvalue weighted by molar-refractivity contribution is 0.0198. The van der Waals surface area contributed by atoms with Gasteiger partial charge in [-0.25, -0.2) is 25.3 Å². The van der Waals surface area contributed by atoms with Gasteiger partial charge >= 0.3 is 0 Å². The second-order valence-corrected chi connectivity index (χ2v) is 15.9. The fourth-order valence-corrected chi connectivity index (χ4v) is 7.17. The van der Waals surface area contributed by atoms with Gasteiger partial charge in [-0.05, 0) is 93.7 Å². The van der Waals surface area contributed by atoms with E-state index >= 15 is 0 Å². The van der Waals surface area contributed by atoms with Gasteiger partial charge in [0.25, 0.3) is 0 Å². The summed E-state index contributed by atoms with van der Waals surface area (Å²) >= 11 is 0. The number of rotatable bonds is 9. The lowest BCUT2D eigenvalue weighted by Gasteiger charge is -2.49. The van der Waals surface area contributed by atoms with Crippen LogP contribution in [0.4, 0.5) is 0 Å². The van der Waals surface area contributed by atoms with Crippen LogP contribution in [0, 0.1) is 23.7 Å². The molecular formula is C41H69O12S3-3. The van der Waals surface area contributed by atoms with E-state index in [9.17, 15) is 38.9 Å². The topological polar surface area (TPSA) is 199 Å². The molecule has 4 aliphatic carbocycles. The van der Waals surface area contributed by atoms with Gasteiger partial charge in [0, 0.05) is 19.8 Å². The molecule has 0 aliphatic heterocycles. The van der Waals surface area contributed by atoms with E-state index in [0.717, 1.165) is 0 Å². The van der Waals surface area contributed by atoms with Crippen molar-refractivity contribution < 1.29 is 53.1 Å². The van der Waals surface area contributed by atoms with Gasteiger partial charge in [-0.1, -0.05) is 126 Å². The molecule has 4 aliphatic rings. The van der Waals surface area contributed by atoms with Crippen molar-refractivity contribution in [1.82, 2.24) is 0 Å². The van der Waals surface area contributed by atoms with Gasteiger partial charge in [0.15, 0.2) is 0 Å². The number of hydrogen-bond acceptors (Lipinski definition) is 12. The Labute approximate surface area is 340 Å². The zero-order chi connectivity index (χ0) is 43.5. The minimum absolute atomic E-state index is 0.251. The van der Waals surface area contributed by atoms with E-state index in [1.165, 1.54) is 34.4 Å². The molecule has 0 atom stereocenters. The molecular weight excluding hydrogens is 781 g/mol. The standard InChI is InChI=1S/C10H16.C10H8.C6H6.3C3H8O4S.3C2H6/c1-7-2-9-4-8(1)5-10(3-7)6-9;1-2-6-10-8-4-3-7-9(10)5-1;1-2-4-6-5-3-1;3*1-2-7-3-8(4,5)6;3*1-2/h7-10H,1-6H2;1-8H;1-6H;3*2-3H2,1H3,(H,4,5,6);3*1-2H3/p-3. The molecule has 0 amide bonds. The van der Waals surface area contributed by atoms with Crippen molar-refractivity contribution in [2.45, 2.75) is 101 Å². The van der Waals surface area contributed by atoms with Crippen molar-refractivity contribution in [3.8, 4) is 0 Å². The maximum absolute atomic E-state index is 9.71. The van der Waals surface area contributed by atoms with Crippen molar-refractivity contribution >= 4 is 41.1 Å². The van der Waals surface area contributed by atoms with Crippen molar-refractivity contribution in [2.75, 3.05) is 37.6 Å². The highest BCUT2D eigenvalue weighted by molar-refractivity contribution is 7.86. The molecule has 3 aromatic rings. The molecule has 0 spiro atoms. The third-order valence-corrected chi connectivity index (χ3v) is 8.99. The van der Waals surface area contributed by atoms with Crippen LogP contribution in [0.1, 0.15) is 101 Å². The summed E-state index contributed by atoms with van der Waals surface area (Å²) in [6.45, 7) is 17.6. The third-order valence-electron chi connectivity index (χ3n) is 7.62. The van der Waals surface area contributed by atoms with Gasteiger partial charge in [-0.15, -0.1) is 0 Å². The van der Waals surface area contributed by atoms with Crippen molar-refractivity contribution in [2.24, 2.45) is 23.7 Å². The molecule has 56 heavy (non-hydrogen) atoms. The SMILES string of the molecule is C1C2CC3CC1CC(C2)C3.CC.CC.CC.CCOCS(=O)(=O)[O-].CCOCS(=O)(=O)[O-].CCOCS(=O)(=O)[O-].c1ccc2ccccc2c1.c1ccccc1. The van der Waals surface area contributed by atoms with Crippen LogP contribution in [-0.2, 0) is 44.6 Å². The normalized spacial score (nSPS) is 18.3. The summed E-state index contributed by atoms with van der Waals surface area (Å²) in [6, 6.07) is 28.7. The van der Waals surface area contributed by atoms with E-state index in [-0.39, 0.29) is 19.8 Å². The summed E-state index contributed by atoms with van der Waals surface area (Å²) in [5, 5.41) is 2.62. The number of ether oxygens (including phenoxy) is 3. The Morgan fingerprint density at radius 2 is 0.589 bits per heavy atom. The monoisotopic (exact) mass is 849 g/mol. The Morgan fingerprint density at radius 1 is 0.411 bits per heavy atom. The molecule has 4 saturated carbocycles. The molecule has 7 rings (SSSR count). The molecule has 0 heterocycles. The Kier molecular flexibility index (Phi) is 36.9. The third kappa shape index (κ3) is 35.9. The predicted octanol–water partition coefficient (Wildman–Crippen LogP) is 9.01. The number of fused-ring (bicyclic) bond motifs is 1. The Balaban J connectivity index is -0.000000590. The fraction of sp³-hybridized carbons (Fsp3) is 0.610. The van der Waals surface area contributed by atoms with Gasteiger partial charge in [0.05, 0.1) is 0 Å². The van der Waals surface area contributed by atoms with Crippen LogP contribution in [0.2, 0.25) is 0 Å². The van der Waals surface area contributed by atoms with Crippen LogP contribution in [0.25, 0.3) is 10.8 Å². The summed E-state index contributed by atoms with van der Waals surface area (Å²) in [5.74, 6) is 2.55. The van der Waals surface area contributed by atoms with Gasteiger partial charge in [-0.3, -0.25) is 0 Å². The second kappa shape index (κ2) is 35.7. The number of hydrogen-bond donors (Lipinski definition) is 0. The van der Waals surface area contributed by atoms with Crippen molar-refractivity contribution in [3.05, 3.63) is 84.9 Å². The maximum Gasteiger partial charge on any atom is 0.136 e. The number of benzene rings is 3. The Bertz CT molecular complexity index is 1400. The lowest BCUT2D eigenvalue weighted by atomic mass is 9.56. The molecule has 0 saturated heterocycles. The minimum atomic E-state index is -4.16. The van der Waals surface area contributed by atoms with Crippen LogP contribution in [0.5, 0.6) is 0 Å². The predicted molar refractivity (Wildman–Crippen MR) is 225 cm³/mol. The average Bonchev–Trinajstić information content (AvgIpc) is 3.18. The van der Waals surface area contributed by atoms with Crippen LogP contribution in [0.15, 0.2) is 84.9 Å². The summed E-state index contributed by atoms with van der Waals surface area (Å²) in [7, 11) is -12.5. The van der Waals surface area contributed by atoms with E-state index in [1.807, 2.05) is 77.9 Å². The molecule has 0 radical (unpaired) electrons. The zero-order valence-corrected chi connectivity index (χ0v) is 37.5. The molecule has 3 aromatic carbocycles. The van der Waals surface area contributed by atoms with Gasteiger partial charge in [0.2, 0.25) is 0 Å². The van der Waals surface area contributed by atoms with Gasteiger partial charge in [-0.2, -0.15) is 0 Å². The van der Waals surface area contributed by atoms with E-state index < -0.39 is 48.2 Å². The molecule has 12 nitrogen and oxygen atoms in total. The zero-order valence-electron chi connectivity index (χ0n) is 35.0. The smallest absolute Gasteiger partial charge is 0.136 e. The fourth-order valence-electron chi connectivity index (χ4n) is 6.06. The highest BCUT2D eigenvalue weighted by Gasteiger charge is 2.41. The lowest BCUT2D eigenvalue weighted by Crippen LogP contribution is -2.38. The quantitative estimate of drug-likeness (QED) is 0.185. The van der Waals surface area contributed by atoms with Crippen LogP contribution in [-0.4, -0.2) is 76.5 Å². The highest BCUT2D eigenvalue weighted by atomic mass is 32.2. The first kappa shape index (κ1) is 57.9. The first-order valence-electron chi connectivity index (χ1n) is 19.5. The van der Waals surface area contributed by atoms with Gasteiger partial charge < -0.3 is 27.9 Å². The van der Waals surface area contributed by atoms with Crippen molar-refractivity contribution in [1.29, 1.82) is 0 Å². The Morgan fingerprint density at radius 3 is 0.714 bits per heavy atom. The van der Waals surface area contributed by atoms with Gasteiger partial charge in [0.1, 0.15) is 48.2 Å². The average molecular weight is 850 g/mol. The van der Waals surface area contributed by atoms with E-state index in [0.29, 0.717) is 0 Å². The molecule has 4 fully saturated rings. The molecule has 0 aromatic heterocycles. The van der Waals surface area contributed by atoms with E-state index in [2.05, 4.69) is 62.7 Å². The van der Waals surface area contributed by atoms with E-state index in [4.69, 9.17) is 0 Å².